The van der Waals surface area contributed by atoms with Gasteiger partial charge in [0.25, 0.3) is 5.69 Å². The molecular formula is C12H17ClN2O2. The third-order valence-electron chi connectivity index (χ3n) is 2.71. The number of hydrogen-bond donors (Lipinski definition) is 1. The predicted molar refractivity (Wildman–Crippen MR) is 69.2 cm³/mol. The van der Waals surface area contributed by atoms with Crippen LogP contribution in [0.1, 0.15) is 44.2 Å². The van der Waals surface area contributed by atoms with E-state index < -0.39 is 4.92 Å². The molecule has 0 radical (unpaired) electrons. The summed E-state index contributed by atoms with van der Waals surface area (Å²) in [6, 6.07) is 4.17. The van der Waals surface area contributed by atoms with Crippen molar-refractivity contribution in [2.45, 2.75) is 38.6 Å². The zero-order chi connectivity index (χ0) is 12.8. The molecule has 17 heavy (non-hydrogen) atoms. The fraction of sp³-hybridized carbons (Fsp3) is 0.500. The van der Waals surface area contributed by atoms with E-state index in [1.165, 1.54) is 18.2 Å². The highest BCUT2D eigenvalue weighted by molar-refractivity contribution is 6.31. The lowest BCUT2D eigenvalue weighted by Gasteiger charge is -2.13. The minimum absolute atomic E-state index is 0.0374. The van der Waals surface area contributed by atoms with E-state index in [2.05, 4.69) is 6.92 Å². The largest absolute Gasteiger partial charge is 0.324 e. The fourth-order valence-electron chi connectivity index (χ4n) is 1.70. The molecule has 0 unspecified atom stereocenters. The Morgan fingerprint density at radius 3 is 2.76 bits per heavy atom. The number of nitrogens with two attached hydrogens (primary N) is 1. The molecule has 0 aliphatic heterocycles. The number of hydrogen-bond acceptors (Lipinski definition) is 3. The number of halogens is 1. The summed E-state index contributed by atoms with van der Waals surface area (Å²) in [6.07, 6.45) is 4.04. The molecule has 0 aliphatic rings. The van der Waals surface area contributed by atoms with E-state index in [-0.39, 0.29) is 11.7 Å². The van der Waals surface area contributed by atoms with Crippen LogP contribution >= 0.6 is 11.6 Å². The van der Waals surface area contributed by atoms with Gasteiger partial charge >= 0.3 is 0 Å². The van der Waals surface area contributed by atoms with Crippen LogP contribution in [0.5, 0.6) is 0 Å². The molecule has 0 saturated carbocycles. The molecule has 2 N–H and O–H groups in total. The Labute approximate surface area is 106 Å². The standard InChI is InChI=1S/C12H17ClN2O2/c1-2-3-4-5-12(14)10-8-9(15(16)17)6-7-11(10)13/h6-8,12H,2-5,14H2,1H3/t12-/m0/s1. The third kappa shape index (κ3) is 3.98. The van der Waals surface area contributed by atoms with Crippen LogP contribution in [0, 0.1) is 10.1 Å². The van der Waals surface area contributed by atoms with E-state index in [9.17, 15) is 10.1 Å². The van der Waals surface area contributed by atoms with Crippen LogP contribution in [0.25, 0.3) is 0 Å². The van der Waals surface area contributed by atoms with Gasteiger partial charge < -0.3 is 5.73 Å². The van der Waals surface area contributed by atoms with Crippen molar-refractivity contribution >= 4 is 17.3 Å². The van der Waals surface area contributed by atoms with Gasteiger partial charge in [-0.15, -0.1) is 0 Å². The second kappa shape index (κ2) is 6.57. The second-order valence-corrected chi connectivity index (χ2v) is 4.47. The third-order valence-corrected chi connectivity index (χ3v) is 3.05. The molecule has 0 aliphatic carbocycles. The van der Waals surface area contributed by atoms with Gasteiger partial charge in [-0.05, 0) is 18.1 Å². The smallest absolute Gasteiger partial charge is 0.269 e. The molecule has 0 saturated heterocycles. The number of benzene rings is 1. The van der Waals surface area contributed by atoms with Crippen LogP contribution in [0.4, 0.5) is 5.69 Å². The zero-order valence-corrected chi connectivity index (χ0v) is 10.6. The molecule has 0 heterocycles. The van der Waals surface area contributed by atoms with Crippen molar-refractivity contribution < 1.29 is 4.92 Å². The number of nitro benzene ring substituents is 1. The van der Waals surface area contributed by atoms with Crippen LogP contribution in [0.2, 0.25) is 5.02 Å². The number of non-ortho nitro benzene ring substituents is 1. The molecular weight excluding hydrogens is 240 g/mol. The maximum Gasteiger partial charge on any atom is 0.269 e. The Balaban J connectivity index is 2.80. The first-order valence-electron chi connectivity index (χ1n) is 5.75. The molecule has 0 bridgehead atoms. The average molecular weight is 257 g/mol. The SMILES string of the molecule is CCCCC[C@H](N)c1cc([N+](=O)[O-])ccc1Cl. The van der Waals surface area contributed by atoms with Gasteiger partial charge in [0.1, 0.15) is 0 Å². The van der Waals surface area contributed by atoms with Gasteiger partial charge in [0.2, 0.25) is 0 Å². The normalized spacial score (nSPS) is 12.4. The molecule has 0 fully saturated rings. The van der Waals surface area contributed by atoms with E-state index >= 15 is 0 Å². The highest BCUT2D eigenvalue weighted by Crippen LogP contribution is 2.28. The van der Waals surface area contributed by atoms with Crippen molar-refractivity contribution in [3.63, 3.8) is 0 Å². The molecule has 5 heteroatoms. The van der Waals surface area contributed by atoms with Crippen molar-refractivity contribution in [3.05, 3.63) is 38.9 Å². The van der Waals surface area contributed by atoms with Crippen LogP contribution in [0.3, 0.4) is 0 Å². The lowest BCUT2D eigenvalue weighted by molar-refractivity contribution is -0.384. The summed E-state index contributed by atoms with van der Waals surface area (Å²) < 4.78 is 0. The van der Waals surface area contributed by atoms with E-state index in [4.69, 9.17) is 17.3 Å². The first-order chi connectivity index (χ1) is 8.06. The molecule has 1 rings (SSSR count). The highest BCUT2D eigenvalue weighted by Gasteiger charge is 2.14. The van der Waals surface area contributed by atoms with E-state index in [1.807, 2.05) is 0 Å². The molecule has 0 aromatic heterocycles. The highest BCUT2D eigenvalue weighted by atomic mass is 35.5. The van der Waals surface area contributed by atoms with Crippen LogP contribution in [0.15, 0.2) is 18.2 Å². The van der Waals surface area contributed by atoms with Crippen molar-refractivity contribution in [2.75, 3.05) is 0 Å². The molecule has 0 amide bonds. The molecule has 1 aromatic carbocycles. The van der Waals surface area contributed by atoms with Gasteiger partial charge in [-0.25, -0.2) is 0 Å². The number of nitrogens with zero attached hydrogens (tertiary/aromatic N) is 1. The minimum Gasteiger partial charge on any atom is -0.324 e. The summed E-state index contributed by atoms with van der Waals surface area (Å²) in [5.74, 6) is 0. The lowest BCUT2D eigenvalue weighted by Crippen LogP contribution is -2.11. The quantitative estimate of drug-likeness (QED) is 0.478. The summed E-state index contributed by atoms with van der Waals surface area (Å²) >= 11 is 6.01. The number of nitro groups is 1. The number of unbranched alkanes of at least 4 members (excludes halogenated alkanes) is 2. The Kier molecular flexibility index (Phi) is 5.38. The first kappa shape index (κ1) is 13.9. The summed E-state index contributed by atoms with van der Waals surface area (Å²) in [4.78, 5) is 10.2. The second-order valence-electron chi connectivity index (χ2n) is 4.07. The maximum absolute atomic E-state index is 10.7. The zero-order valence-electron chi connectivity index (χ0n) is 9.86. The molecule has 1 atom stereocenters. The van der Waals surface area contributed by atoms with Crippen molar-refractivity contribution in [2.24, 2.45) is 5.73 Å². The van der Waals surface area contributed by atoms with E-state index in [0.717, 1.165) is 25.7 Å². The Hall–Kier alpha value is -1.13. The monoisotopic (exact) mass is 256 g/mol. The summed E-state index contributed by atoms with van der Waals surface area (Å²) in [5, 5.41) is 11.2. The van der Waals surface area contributed by atoms with Crippen molar-refractivity contribution in [3.8, 4) is 0 Å². The topological polar surface area (TPSA) is 69.2 Å². The van der Waals surface area contributed by atoms with Gasteiger partial charge in [-0.2, -0.15) is 0 Å². The average Bonchev–Trinajstić information content (AvgIpc) is 2.29. The van der Waals surface area contributed by atoms with Gasteiger partial charge in [0.15, 0.2) is 0 Å². The molecule has 0 spiro atoms. The Bertz CT molecular complexity index is 396. The van der Waals surface area contributed by atoms with Gasteiger partial charge in [-0.3, -0.25) is 10.1 Å². The Morgan fingerprint density at radius 1 is 1.47 bits per heavy atom. The summed E-state index contributed by atoms with van der Waals surface area (Å²) in [6.45, 7) is 2.12. The van der Waals surface area contributed by atoms with Gasteiger partial charge in [0, 0.05) is 23.2 Å². The first-order valence-corrected chi connectivity index (χ1v) is 6.13. The minimum atomic E-state index is -0.432. The molecule has 1 aromatic rings. The van der Waals surface area contributed by atoms with Gasteiger partial charge in [-0.1, -0.05) is 37.8 Å². The Morgan fingerprint density at radius 2 is 2.18 bits per heavy atom. The molecule has 4 nitrogen and oxygen atoms in total. The van der Waals surface area contributed by atoms with Crippen LogP contribution in [-0.4, -0.2) is 4.92 Å². The van der Waals surface area contributed by atoms with Gasteiger partial charge in [0.05, 0.1) is 4.92 Å². The van der Waals surface area contributed by atoms with Crippen molar-refractivity contribution in [1.29, 1.82) is 0 Å². The van der Waals surface area contributed by atoms with Crippen molar-refractivity contribution in [1.82, 2.24) is 0 Å². The summed E-state index contributed by atoms with van der Waals surface area (Å²) in [5.41, 5.74) is 6.70. The molecule has 94 valence electrons. The lowest BCUT2D eigenvalue weighted by atomic mass is 10.0. The maximum atomic E-state index is 10.7. The van der Waals surface area contributed by atoms with E-state index in [1.54, 1.807) is 0 Å². The number of rotatable bonds is 6. The predicted octanol–water partition coefficient (Wildman–Crippen LogP) is 3.83. The van der Waals surface area contributed by atoms with Crippen LogP contribution in [-0.2, 0) is 0 Å². The van der Waals surface area contributed by atoms with E-state index in [0.29, 0.717) is 10.6 Å². The summed E-state index contributed by atoms with van der Waals surface area (Å²) in [7, 11) is 0. The van der Waals surface area contributed by atoms with Crippen LogP contribution < -0.4 is 5.73 Å². The fourth-order valence-corrected chi connectivity index (χ4v) is 1.96.